The Labute approximate surface area is 211 Å². The van der Waals surface area contributed by atoms with E-state index in [1.165, 1.54) is 64.5 Å². The first-order chi connectivity index (χ1) is 16.8. The van der Waals surface area contributed by atoms with Crippen LogP contribution in [0, 0.1) is 0 Å². The number of hydrogen-bond donors (Lipinski definition) is 5. The van der Waals surface area contributed by atoms with Crippen molar-refractivity contribution in [3.05, 3.63) is 24.3 Å². The summed E-state index contributed by atoms with van der Waals surface area (Å²) in [6, 6.07) is -1.70. The van der Waals surface area contributed by atoms with Gasteiger partial charge in [-0.25, -0.2) is 4.79 Å². The standard InChI is InChI=1S/C26H47N5O4/c1-5-7-8-9-10-11-12-13-14-15-19-28-26(35)29-20-24(33)31-22(16-6-2)25(34)30-21(3)17-18-23(32)27-4/h6,16-18,21-22H,5,7-15,19-20H2,1-4H3,(H,27,32)(H,30,34)(H,31,33)(H2,28,29,35)/b16-6+,18-17+/t21-,22-/m0/s1. The highest BCUT2D eigenvalue weighted by atomic mass is 16.2. The highest BCUT2D eigenvalue weighted by Crippen LogP contribution is 2.10. The van der Waals surface area contributed by atoms with Crippen molar-refractivity contribution < 1.29 is 19.2 Å². The summed E-state index contributed by atoms with van der Waals surface area (Å²) in [5.41, 5.74) is 0. The molecule has 35 heavy (non-hydrogen) atoms. The van der Waals surface area contributed by atoms with Crippen LogP contribution in [0.5, 0.6) is 0 Å². The quantitative estimate of drug-likeness (QED) is 0.108. The number of carbonyl (C=O) groups excluding carboxylic acids is 4. The molecule has 0 saturated carbocycles. The van der Waals surface area contributed by atoms with Crippen LogP contribution in [0.15, 0.2) is 24.3 Å². The molecule has 0 aliphatic carbocycles. The van der Waals surface area contributed by atoms with Crippen LogP contribution in [0.25, 0.3) is 0 Å². The summed E-state index contributed by atoms with van der Waals surface area (Å²) in [6.45, 7) is 6.00. The average molecular weight is 494 g/mol. The van der Waals surface area contributed by atoms with Gasteiger partial charge >= 0.3 is 6.03 Å². The van der Waals surface area contributed by atoms with Crippen molar-refractivity contribution in [1.82, 2.24) is 26.6 Å². The Balaban J connectivity index is 4.08. The molecule has 0 bridgehead atoms. The predicted octanol–water partition coefficient (Wildman–Crippen LogP) is 3.07. The molecule has 9 nitrogen and oxygen atoms in total. The summed E-state index contributed by atoms with van der Waals surface area (Å²) in [4.78, 5) is 47.8. The molecule has 0 aromatic heterocycles. The summed E-state index contributed by atoms with van der Waals surface area (Å²) in [5.74, 6) is -1.18. The molecule has 2 atom stereocenters. The van der Waals surface area contributed by atoms with Crippen LogP contribution < -0.4 is 26.6 Å². The number of unbranched alkanes of at least 4 members (excludes halogenated alkanes) is 9. The van der Waals surface area contributed by atoms with E-state index in [2.05, 4.69) is 33.5 Å². The lowest BCUT2D eigenvalue weighted by Gasteiger charge is -2.17. The minimum atomic E-state index is -0.889. The molecule has 5 N–H and O–H groups in total. The Morgan fingerprint density at radius 1 is 0.800 bits per heavy atom. The molecule has 0 fully saturated rings. The number of nitrogens with one attached hydrogen (secondary N) is 5. The Bertz CT molecular complexity index is 679. The largest absolute Gasteiger partial charge is 0.356 e. The summed E-state index contributed by atoms with van der Waals surface area (Å²) in [6.07, 6.45) is 18.4. The van der Waals surface area contributed by atoms with E-state index in [0.29, 0.717) is 6.54 Å². The van der Waals surface area contributed by atoms with Gasteiger partial charge in [-0.1, -0.05) is 82.9 Å². The van der Waals surface area contributed by atoms with Gasteiger partial charge in [-0.15, -0.1) is 0 Å². The predicted molar refractivity (Wildman–Crippen MR) is 141 cm³/mol. The van der Waals surface area contributed by atoms with Crippen molar-refractivity contribution in [2.75, 3.05) is 20.1 Å². The minimum absolute atomic E-state index is 0.239. The van der Waals surface area contributed by atoms with E-state index in [9.17, 15) is 19.2 Å². The average Bonchev–Trinajstić information content (AvgIpc) is 2.84. The van der Waals surface area contributed by atoms with Crippen molar-refractivity contribution in [3.63, 3.8) is 0 Å². The third kappa shape index (κ3) is 19.2. The van der Waals surface area contributed by atoms with Crippen LogP contribution in [0.4, 0.5) is 4.79 Å². The van der Waals surface area contributed by atoms with Gasteiger partial charge in [0.2, 0.25) is 17.7 Å². The second-order valence-electron chi connectivity index (χ2n) is 8.63. The first kappa shape index (κ1) is 32.2. The van der Waals surface area contributed by atoms with Gasteiger partial charge < -0.3 is 26.6 Å². The van der Waals surface area contributed by atoms with E-state index in [1.807, 2.05) is 0 Å². The number of allylic oxidation sites excluding steroid dienone is 1. The molecule has 5 amide bonds. The maximum atomic E-state index is 12.4. The van der Waals surface area contributed by atoms with Crippen LogP contribution in [0.2, 0.25) is 0 Å². The molecule has 0 aromatic rings. The maximum absolute atomic E-state index is 12.4. The molecule has 0 rings (SSSR count). The topological polar surface area (TPSA) is 128 Å². The van der Waals surface area contributed by atoms with Crippen molar-refractivity contribution in [3.8, 4) is 0 Å². The van der Waals surface area contributed by atoms with Crippen molar-refractivity contribution in [2.45, 2.75) is 97.1 Å². The molecule has 0 spiro atoms. The molecule has 0 radical (unpaired) electrons. The minimum Gasteiger partial charge on any atom is -0.356 e. The Morgan fingerprint density at radius 3 is 1.97 bits per heavy atom. The van der Waals surface area contributed by atoms with E-state index in [-0.39, 0.29) is 12.5 Å². The van der Waals surface area contributed by atoms with E-state index >= 15 is 0 Å². The molecular weight excluding hydrogens is 446 g/mol. The van der Waals surface area contributed by atoms with Crippen LogP contribution in [0.1, 0.15) is 85.0 Å². The molecule has 200 valence electrons. The van der Waals surface area contributed by atoms with Crippen LogP contribution in [0.3, 0.4) is 0 Å². The summed E-state index contributed by atoms with van der Waals surface area (Å²) in [5, 5.41) is 13.0. The Hall–Kier alpha value is -2.84. The number of carbonyl (C=O) groups is 4. The molecule has 0 aliphatic heterocycles. The monoisotopic (exact) mass is 493 g/mol. The first-order valence-electron chi connectivity index (χ1n) is 13.0. The second kappa shape index (κ2) is 21.7. The second-order valence-corrected chi connectivity index (χ2v) is 8.63. The van der Waals surface area contributed by atoms with Crippen molar-refractivity contribution in [1.29, 1.82) is 0 Å². The molecule has 0 aromatic carbocycles. The lowest BCUT2D eigenvalue weighted by atomic mass is 10.1. The number of hydrogen-bond acceptors (Lipinski definition) is 4. The van der Waals surface area contributed by atoms with E-state index in [4.69, 9.17) is 0 Å². The zero-order valence-electron chi connectivity index (χ0n) is 22.1. The van der Waals surface area contributed by atoms with Gasteiger partial charge in [0.15, 0.2) is 0 Å². The molecular formula is C26H47N5O4. The fourth-order valence-electron chi connectivity index (χ4n) is 3.33. The SMILES string of the molecule is C/C=C/[C@H](NC(=O)CNC(=O)NCCCCCCCCCCCC)C(=O)N[C@@H](C)/C=C/C(=O)NC. The lowest BCUT2D eigenvalue weighted by Crippen LogP contribution is -2.50. The van der Waals surface area contributed by atoms with Crippen molar-refractivity contribution in [2.24, 2.45) is 0 Å². The zero-order chi connectivity index (χ0) is 26.3. The smallest absolute Gasteiger partial charge is 0.315 e. The van der Waals surface area contributed by atoms with E-state index in [1.54, 1.807) is 32.1 Å². The molecule has 0 unspecified atom stereocenters. The fraction of sp³-hybridized carbons (Fsp3) is 0.692. The zero-order valence-corrected chi connectivity index (χ0v) is 22.1. The van der Waals surface area contributed by atoms with Gasteiger partial charge in [-0.2, -0.15) is 0 Å². The number of rotatable bonds is 19. The normalized spacial score (nSPS) is 12.8. The molecule has 0 saturated heterocycles. The van der Waals surface area contributed by atoms with Crippen LogP contribution in [-0.4, -0.2) is 56.0 Å². The van der Waals surface area contributed by atoms with Gasteiger partial charge in [0.05, 0.1) is 6.54 Å². The summed E-state index contributed by atoms with van der Waals surface area (Å²) < 4.78 is 0. The first-order valence-corrected chi connectivity index (χ1v) is 13.0. The Morgan fingerprint density at radius 2 is 1.40 bits per heavy atom. The number of amides is 5. The fourth-order valence-corrected chi connectivity index (χ4v) is 3.33. The van der Waals surface area contributed by atoms with Crippen LogP contribution in [-0.2, 0) is 14.4 Å². The maximum Gasteiger partial charge on any atom is 0.315 e. The highest BCUT2D eigenvalue weighted by molar-refractivity contribution is 5.91. The summed E-state index contributed by atoms with van der Waals surface area (Å²) in [7, 11) is 1.51. The van der Waals surface area contributed by atoms with E-state index in [0.717, 1.165) is 12.8 Å². The van der Waals surface area contributed by atoms with Gasteiger partial charge in [-0.3, -0.25) is 14.4 Å². The molecule has 9 heteroatoms. The van der Waals surface area contributed by atoms with Gasteiger partial charge in [0, 0.05) is 25.7 Å². The summed E-state index contributed by atoms with van der Waals surface area (Å²) >= 11 is 0. The van der Waals surface area contributed by atoms with Gasteiger partial charge in [-0.05, 0) is 20.3 Å². The third-order valence-electron chi connectivity index (χ3n) is 5.36. The molecule has 0 heterocycles. The van der Waals surface area contributed by atoms with Crippen LogP contribution >= 0.6 is 0 Å². The Kier molecular flexibility index (Phi) is 19.9. The van der Waals surface area contributed by atoms with Gasteiger partial charge in [0.1, 0.15) is 6.04 Å². The molecule has 0 aliphatic rings. The number of likely N-dealkylation sites (N-methyl/N-ethyl adjacent to an activating group) is 1. The lowest BCUT2D eigenvalue weighted by molar-refractivity contribution is -0.127. The number of urea groups is 1. The third-order valence-corrected chi connectivity index (χ3v) is 5.36. The van der Waals surface area contributed by atoms with E-state index < -0.39 is 29.9 Å². The highest BCUT2D eigenvalue weighted by Gasteiger charge is 2.19. The van der Waals surface area contributed by atoms with Gasteiger partial charge in [0.25, 0.3) is 0 Å². The van der Waals surface area contributed by atoms with Crippen molar-refractivity contribution >= 4 is 23.8 Å².